The van der Waals surface area contributed by atoms with Crippen LogP contribution in [0.25, 0.3) is 0 Å². The standard InChI is InChI=1S/C20H33N2O4S/c1-5-7-8-9-17-10-12-18(13-11-17)27(24,25)21-20(14-19(23)26-6-2)15-22(3,4)16-20/h10-13,21H,5-9,14-16H2,1-4H3/q+1. The van der Waals surface area contributed by atoms with Crippen molar-refractivity contribution in [2.75, 3.05) is 33.8 Å². The number of ether oxygens (including phenoxy) is 1. The summed E-state index contributed by atoms with van der Waals surface area (Å²) in [6.07, 6.45) is 4.45. The predicted molar refractivity (Wildman–Crippen MR) is 106 cm³/mol. The lowest BCUT2D eigenvalue weighted by molar-refractivity contribution is -0.940. The number of likely N-dealkylation sites (N-methyl/N-ethyl adjacent to an activating group) is 1. The number of sulfonamides is 1. The molecule has 6 nitrogen and oxygen atoms in total. The number of quaternary nitrogens is 1. The van der Waals surface area contributed by atoms with Crippen molar-refractivity contribution in [3.8, 4) is 0 Å². The first-order valence-electron chi connectivity index (χ1n) is 9.72. The number of carbonyl (C=O) groups excluding carboxylic acids is 1. The minimum atomic E-state index is -3.70. The molecular weight excluding hydrogens is 364 g/mol. The van der Waals surface area contributed by atoms with Gasteiger partial charge in [0.05, 0.1) is 32.0 Å². The van der Waals surface area contributed by atoms with Gasteiger partial charge in [-0.1, -0.05) is 31.9 Å². The van der Waals surface area contributed by atoms with Crippen molar-refractivity contribution >= 4 is 16.0 Å². The third-order valence-electron chi connectivity index (χ3n) is 4.90. The number of hydrogen-bond acceptors (Lipinski definition) is 4. The maximum absolute atomic E-state index is 12.9. The fraction of sp³-hybridized carbons (Fsp3) is 0.650. The van der Waals surface area contributed by atoms with Gasteiger partial charge in [-0.2, -0.15) is 4.72 Å². The van der Waals surface area contributed by atoms with E-state index in [9.17, 15) is 13.2 Å². The van der Waals surface area contributed by atoms with Gasteiger partial charge in [-0.15, -0.1) is 0 Å². The Kier molecular flexibility index (Phi) is 7.05. The Morgan fingerprint density at radius 2 is 1.78 bits per heavy atom. The summed E-state index contributed by atoms with van der Waals surface area (Å²) >= 11 is 0. The van der Waals surface area contributed by atoms with Crippen LogP contribution in [0.1, 0.15) is 45.1 Å². The lowest BCUT2D eigenvalue weighted by atomic mass is 9.86. The summed E-state index contributed by atoms with van der Waals surface area (Å²) < 4.78 is 34.3. The number of hydrogen-bond donors (Lipinski definition) is 1. The number of aryl methyl sites for hydroxylation is 1. The van der Waals surface area contributed by atoms with E-state index in [1.807, 2.05) is 26.2 Å². The number of nitrogens with zero attached hydrogens (tertiary/aromatic N) is 1. The fourth-order valence-corrected chi connectivity index (χ4v) is 5.44. The van der Waals surface area contributed by atoms with Gasteiger partial charge in [-0.25, -0.2) is 8.42 Å². The molecule has 1 aliphatic heterocycles. The molecule has 0 atom stereocenters. The van der Waals surface area contributed by atoms with E-state index in [-0.39, 0.29) is 17.3 Å². The summed E-state index contributed by atoms with van der Waals surface area (Å²) in [5.41, 5.74) is 0.360. The molecule has 0 amide bonds. The molecule has 7 heteroatoms. The van der Waals surface area contributed by atoms with Gasteiger partial charge in [0.15, 0.2) is 0 Å². The van der Waals surface area contributed by atoms with Gasteiger partial charge in [0.25, 0.3) is 0 Å². The first-order chi connectivity index (χ1) is 12.6. The van der Waals surface area contributed by atoms with Gasteiger partial charge in [0.2, 0.25) is 10.0 Å². The predicted octanol–water partition coefficient (Wildman–Crippen LogP) is 2.48. The van der Waals surface area contributed by atoms with Crippen molar-refractivity contribution in [1.82, 2.24) is 4.72 Å². The number of rotatable bonds is 10. The molecule has 1 aromatic rings. The average molecular weight is 398 g/mol. The molecule has 0 aromatic heterocycles. The number of carbonyl (C=O) groups is 1. The van der Waals surface area contributed by atoms with Crippen LogP contribution in [0.4, 0.5) is 0 Å². The Hall–Kier alpha value is -1.44. The first kappa shape index (κ1) is 21.9. The normalized spacial score (nSPS) is 17.9. The lowest BCUT2D eigenvalue weighted by Gasteiger charge is -2.52. The van der Waals surface area contributed by atoms with Crippen molar-refractivity contribution in [2.24, 2.45) is 0 Å². The molecule has 0 saturated carbocycles. The molecule has 0 spiro atoms. The van der Waals surface area contributed by atoms with E-state index < -0.39 is 15.6 Å². The maximum Gasteiger partial charge on any atom is 0.308 e. The van der Waals surface area contributed by atoms with Gasteiger partial charge in [0, 0.05) is 0 Å². The topological polar surface area (TPSA) is 72.5 Å². The largest absolute Gasteiger partial charge is 0.466 e. The second kappa shape index (κ2) is 8.71. The van der Waals surface area contributed by atoms with Crippen LogP contribution in [-0.4, -0.2) is 58.2 Å². The van der Waals surface area contributed by atoms with E-state index in [0.717, 1.165) is 24.8 Å². The van der Waals surface area contributed by atoms with Crippen molar-refractivity contribution in [2.45, 2.75) is 56.4 Å². The van der Waals surface area contributed by atoms with Crippen LogP contribution in [0.15, 0.2) is 29.2 Å². The zero-order chi connectivity index (χ0) is 20.1. The van der Waals surface area contributed by atoms with Gasteiger partial charge < -0.3 is 9.22 Å². The zero-order valence-corrected chi connectivity index (χ0v) is 17.8. The zero-order valence-electron chi connectivity index (χ0n) is 17.0. The summed E-state index contributed by atoms with van der Waals surface area (Å²) in [5.74, 6) is -0.369. The van der Waals surface area contributed by atoms with E-state index in [1.165, 1.54) is 6.42 Å². The Labute approximate surface area is 163 Å². The van der Waals surface area contributed by atoms with Crippen molar-refractivity contribution in [3.05, 3.63) is 29.8 Å². The molecule has 27 heavy (non-hydrogen) atoms. The Balaban J connectivity index is 2.10. The highest BCUT2D eigenvalue weighted by molar-refractivity contribution is 7.89. The molecule has 0 radical (unpaired) electrons. The highest BCUT2D eigenvalue weighted by atomic mass is 32.2. The van der Waals surface area contributed by atoms with E-state index >= 15 is 0 Å². The maximum atomic E-state index is 12.9. The third kappa shape index (κ3) is 6.02. The van der Waals surface area contributed by atoms with Crippen LogP contribution in [0.5, 0.6) is 0 Å². The van der Waals surface area contributed by atoms with Crippen molar-refractivity contribution in [3.63, 3.8) is 0 Å². The quantitative estimate of drug-likeness (QED) is 0.374. The van der Waals surface area contributed by atoms with Crippen molar-refractivity contribution < 1.29 is 22.4 Å². The Morgan fingerprint density at radius 3 is 2.30 bits per heavy atom. The summed E-state index contributed by atoms with van der Waals surface area (Å²) in [6, 6.07) is 7.06. The van der Waals surface area contributed by atoms with Crippen LogP contribution in [0.2, 0.25) is 0 Å². The van der Waals surface area contributed by atoms with Gasteiger partial charge in [-0.05, 0) is 37.5 Å². The lowest BCUT2D eigenvalue weighted by Crippen LogP contribution is -2.76. The molecule has 0 bridgehead atoms. The summed E-state index contributed by atoms with van der Waals surface area (Å²) in [7, 11) is 0.334. The number of nitrogens with one attached hydrogen (secondary N) is 1. The second-order valence-corrected chi connectivity index (χ2v) is 9.90. The van der Waals surface area contributed by atoms with Gasteiger partial charge in [0.1, 0.15) is 18.6 Å². The molecule has 1 heterocycles. The van der Waals surface area contributed by atoms with Crippen LogP contribution >= 0.6 is 0 Å². The molecule has 1 aliphatic rings. The molecule has 1 N–H and O–H groups in total. The van der Waals surface area contributed by atoms with Gasteiger partial charge in [-0.3, -0.25) is 4.79 Å². The van der Waals surface area contributed by atoms with Crippen molar-refractivity contribution in [1.29, 1.82) is 0 Å². The molecule has 152 valence electrons. The van der Waals surface area contributed by atoms with E-state index in [1.54, 1.807) is 19.1 Å². The molecule has 1 fully saturated rings. The number of unbranched alkanes of at least 4 members (excludes halogenated alkanes) is 2. The summed E-state index contributed by atoms with van der Waals surface area (Å²) in [5, 5.41) is 0. The Bertz CT molecular complexity index is 734. The van der Waals surface area contributed by atoms with Crippen LogP contribution in [-0.2, 0) is 26.0 Å². The fourth-order valence-electron chi connectivity index (χ4n) is 4.05. The van der Waals surface area contributed by atoms with Crippen LogP contribution < -0.4 is 4.72 Å². The smallest absolute Gasteiger partial charge is 0.308 e. The number of benzene rings is 1. The monoisotopic (exact) mass is 397 g/mol. The average Bonchev–Trinajstić information content (AvgIpc) is 2.53. The summed E-state index contributed by atoms with van der Waals surface area (Å²) in [6.45, 7) is 5.31. The van der Waals surface area contributed by atoms with E-state index in [4.69, 9.17) is 4.74 Å². The van der Waals surface area contributed by atoms with Crippen LogP contribution in [0, 0.1) is 0 Å². The highest BCUT2D eigenvalue weighted by Gasteiger charge is 2.55. The summed E-state index contributed by atoms with van der Waals surface area (Å²) in [4.78, 5) is 12.2. The molecule has 0 unspecified atom stereocenters. The number of esters is 1. The van der Waals surface area contributed by atoms with E-state index in [0.29, 0.717) is 24.2 Å². The molecule has 2 rings (SSSR count). The van der Waals surface area contributed by atoms with E-state index in [2.05, 4.69) is 11.6 Å². The van der Waals surface area contributed by atoms with Crippen LogP contribution in [0.3, 0.4) is 0 Å². The second-order valence-electron chi connectivity index (χ2n) is 8.22. The third-order valence-corrected chi connectivity index (χ3v) is 6.50. The molecule has 1 saturated heterocycles. The molecule has 0 aliphatic carbocycles. The SMILES string of the molecule is CCCCCc1ccc(S(=O)(=O)NC2(CC(=O)OCC)C[N+](C)(C)C2)cc1. The minimum absolute atomic E-state index is 0.0524. The molecule has 1 aromatic carbocycles. The highest BCUT2D eigenvalue weighted by Crippen LogP contribution is 2.31. The number of likely N-dealkylation sites (tertiary alicyclic amines) is 1. The van der Waals surface area contributed by atoms with Gasteiger partial charge >= 0.3 is 5.97 Å². The Morgan fingerprint density at radius 1 is 1.15 bits per heavy atom. The molecular formula is C20H33N2O4S+. The first-order valence-corrected chi connectivity index (χ1v) is 11.2. The minimum Gasteiger partial charge on any atom is -0.466 e.